The van der Waals surface area contributed by atoms with Gasteiger partial charge in [0.25, 0.3) is 5.91 Å². The number of likely N-dealkylation sites (N-methyl/N-ethyl adjacent to an activating group) is 1. The Balaban J connectivity index is 1.58. The Labute approximate surface area is 213 Å². The van der Waals surface area contributed by atoms with Gasteiger partial charge < -0.3 is 24.6 Å². The van der Waals surface area contributed by atoms with E-state index in [1.165, 1.54) is 0 Å². The topological polar surface area (TPSA) is 106 Å². The summed E-state index contributed by atoms with van der Waals surface area (Å²) in [4.78, 5) is 43.4. The zero-order valence-corrected chi connectivity index (χ0v) is 22.0. The van der Waals surface area contributed by atoms with Crippen LogP contribution in [-0.4, -0.2) is 78.1 Å². The molecule has 11 heteroatoms. The largest absolute Gasteiger partial charge is 0.456 e. The van der Waals surface area contributed by atoms with Gasteiger partial charge in [0.15, 0.2) is 5.82 Å². The van der Waals surface area contributed by atoms with Crippen LogP contribution in [0.3, 0.4) is 0 Å². The van der Waals surface area contributed by atoms with E-state index in [-0.39, 0.29) is 18.3 Å². The molecular formula is C25H31N5O5S. The number of anilines is 2. The number of aromatic nitrogens is 2. The van der Waals surface area contributed by atoms with E-state index in [1.807, 2.05) is 12.1 Å². The lowest BCUT2D eigenvalue weighted by atomic mass is 10.1. The monoisotopic (exact) mass is 513 g/mol. The molecule has 0 saturated carbocycles. The molecule has 0 unspecified atom stereocenters. The van der Waals surface area contributed by atoms with Gasteiger partial charge in [-0.25, -0.2) is 9.59 Å². The van der Waals surface area contributed by atoms with Crippen LogP contribution in [0.15, 0.2) is 30.3 Å². The first-order chi connectivity index (χ1) is 17.1. The zero-order valence-electron chi connectivity index (χ0n) is 21.2. The summed E-state index contributed by atoms with van der Waals surface area (Å²) in [5.74, 6) is -0.728. The van der Waals surface area contributed by atoms with Crippen molar-refractivity contribution in [1.82, 2.24) is 14.7 Å². The summed E-state index contributed by atoms with van der Waals surface area (Å²) >= 11 is 1.05. The first-order valence-electron chi connectivity index (χ1n) is 11.8. The molecule has 192 valence electrons. The van der Waals surface area contributed by atoms with Crippen molar-refractivity contribution >= 4 is 51.0 Å². The summed E-state index contributed by atoms with van der Waals surface area (Å²) in [6, 6.07) is 8.96. The fraction of sp³-hybridized carbons (Fsp3) is 0.440. The Hall–Kier alpha value is -3.44. The Morgan fingerprint density at radius 2 is 1.75 bits per heavy atom. The minimum absolute atomic E-state index is 0.159. The van der Waals surface area contributed by atoms with Crippen LogP contribution in [-0.2, 0) is 9.47 Å². The highest BCUT2D eigenvalue weighted by Crippen LogP contribution is 2.33. The van der Waals surface area contributed by atoms with E-state index < -0.39 is 17.7 Å². The number of rotatable bonds is 5. The fourth-order valence-electron chi connectivity index (χ4n) is 3.81. The van der Waals surface area contributed by atoms with Gasteiger partial charge in [-0.2, -0.15) is 4.68 Å². The number of hydrogen-bond acceptors (Lipinski definition) is 9. The predicted octanol–water partition coefficient (Wildman–Crippen LogP) is 4.06. The SMILES string of the molecule is CCOC(=O)n1nc(NC(=O)c2ccc(N3CCN(C)CC3)cc2)c2cc(C(=O)OC(C)(C)C)sc21. The van der Waals surface area contributed by atoms with E-state index in [1.54, 1.807) is 45.9 Å². The van der Waals surface area contributed by atoms with E-state index in [0.717, 1.165) is 47.9 Å². The van der Waals surface area contributed by atoms with Crippen LogP contribution in [0, 0.1) is 0 Å². The number of amides is 1. The molecule has 3 aromatic rings. The number of esters is 1. The number of carbonyl (C=O) groups is 3. The van der Waals surface area contributed by atoms with E-state index in [0.29, 0.717) is 20.7 Å². The van der Waals surface area contributed by atoms with Gasteiger partial charge in [-0.3, -0.25) is 4.79 Å². The van der Waals surface area contributed by atoms with Crippen molar-refractivity contribution in [3.63, 3.8) is 0 Å². The number of ether oxygens (including phenoxy) is 2. The summed E-state index contributed by atoms with van der Waals surface area (Å²) in [6.07, 6.45) is -0.697. The molecule has 0 aliphatic carbocycles. The molecule has 1 aliphatic heterocycles. The summed E-state index contributed by atoms with van der Waals surface area (Å²) in [6.45, 7) is 11.0. The second kappa shape index (κ2) is 10.3. The van der Waals surface area contributed by atoms with Crippen LogP contribution in [0.2, 0.25) is 0 Å². The van der Waals surface area contributed by atoms with Gasteiger partial charge in [0.1, 0.15) is 15.3 Å². The molecule has 2 aromatic heterocycles. The van der Waals surface area contributed by atoms with Crippen molar-refractivity contribution in [2.75, 3.05) is 50.1 Å². The Morgan fingerprint density at radius 3 is 2.36 bits per heavy atom. The van der Waals surface area contributed by atoms with Crippen LogP contribution in [0.25, 0.3) is 10.2 Å². The van der Waals surface area contributed by atoms with E-state index in [4.69, 9.17) is 9.47 Å². The molecule has 1 N–H and O–H groups in total. The molecule has 1 aliphatic rings. The van der Waals surface area contributed by atoms with Gasteiger partial charge in [0.2, 0.25) is 0 Å². The van der Waals surface area contributed by atoms with E-state index >= 15 is 0 Å². The highest BCUT2D eigenvalue weighted by molar-refractivity contribution is 7.20. The first-order valence-corrected chi connectivity index (χ1v) is 12.7. The van der Waals surface area contributed by atoms with Crippen molar-refractivity contribution in [3.05, 3.63) is 40.8 Å². The summed E-state index contributed by atoms with van der Waals surface area (Å²) in [5.41, 5.74) is 0.844. The minimum Gasteiger partial charge on any atom is -0.456 e. The van der Waals surface area contributed by atoms with Crippen LogP contribution in [0.1, 0.15) is 47.7 Å². The maximum atomic E-state index is 13.0. The van der Waals surface area contributed by atoms with Crippen molar-refractivity contribution in [1.29, 1.82) is 0 Å². The highest BCUT2D eigenvalue weighted by Gasteiger charge is 2.26. The lowest BCUT2D eigenvalue weighted by molar-refractivity contribution is 0.00751. The number of hydrogen-bond donors (Lipinski definition) is 1. The molecule has 1 aromatic carbocycles. The predicted molar refractivity (Wildman–Crippen MR) is 139 cm³/mol. The minimum atomic E-state index is -0.697. The van der Waals surface area contributed by atoms with Crippen molar-refractivity contribution in [2.45, 2.75) is 33.3 Å². The lowest BCUT2D eigenvalue weighted by Crippen LogP contribution is -2.44. The molecule has 1 amide bonds. The number of nitrogens with one attached hydrogen (secondary N) is 1. The second-order valence-electron chi connectivity index (χ2n) is 9.58. The van der Waals surface area contributed by atoms with Crippen LogP contribution >= 0.6 is 11.3 Å². The first kappa shape index (κ1) is 25.6. The number of thiophene rings is 1. The molecule has 3 heterocycles. The average Bonchev–Trinajstić information content (AvgIpc) is 3.39. The maximum absolute atomic E-state index is 13.0. The highest BCUT2D eigenvalue weighted by atomic mass is 32.1. The standard InChI is InChI=1S/C25H31N5O5S/c1-6-34-24(33)30-22-18(15-19(36-22)23(32)35-25(2,3)4)20(27-30)26-21(31)16-7-9-17(10-8-16)29-13-11-28(5)12-14-29/h7-10,15H,6,11-14H2,1-5H3,(H,26,27,31). The van der Waals surface area contributed by atoms with Gasteiger partial charge in [0, 0.05) is 37.4 Å². The summed E-state index contributed by atoms with van der Waals surface area (Å²) in [5, 5.41) is 7.50. The normalized spacial score (nSPS) is 14.6. The van der Waals surface area contributed by atoms with Gasteiger partial charge in [0.05, 0.1) is 12.0 Å². The molecule has 0 bridgehead atoms. The van der Waals surface area contributed by atoms with Gasteiger partial charge in [-0.05, 0) is 65.1 Å². The van der Waals surface area contributed by atoms with Crippen molar-refractivity contribution < 1.29 is 23.9 Å². The Morgan fingerprint density at radius 1 is 1.08 bits per heavy atom. The number of carbonyl (C=O) groups excluding carboxylic acids is 3. The van der Waals surface area contributed by atoms with Crippen molar-refractivity contribution in [2.24, 2.45) is 0 Å². The number of benzene rings is 1. The number of nitrogens with zero attached hydrogens (tertiary/aromatic N) is 4. The Kier molecular flexibility index (Phi) is 7.32. The third-order valence-electron chi connectivity index (χ3n) is 5.63. The zero-order chi connectivity index (χ0) is 26.0. The van der Waals surface area contributed by atoms with Crippen LogP contribution in [0.4, 0.5) is 16.3 Å². The molecule has 10 nitrogen and oxygen atoms in total. The van der Waals surface area contributed by atoms with E-state index in [9.17, 15) is 14.4 Å². The molecule has 4 rings (SSSR count). The second-order valence-corrected chi connectivity index (χ2v) is 10.6. The van der Waals surface area contributed by atoms with Gasteiger partial charge in [-0.15, -0.1) is 16.4 Å². The molecule has 0 spiro atoms. The average molecular weight is 514 g/mol. The van der Waals surface area contributed by atoms with E-state index in [2.05, 4.69) is 27.3 Å². The number of piperazine rings is 1. The van der Waals surface area contributed by atoms with Crippen LogP contribution in [0.5, 0.6) is 0 Å². The quantitative estimate of drug-likeness (QED) is 0.509. The van der Waals surface area contributed by atoms with Gasteiger partial charge in [-0.1, -0.05) is 0 Å². The smallest absolute Gasteiger partial charge is 0.436 e. The number of fused-ring (bicyclic) bond motifs is 1. The molecular weight excluding hydrogens is 482 g/mol. The molecule has 1 saturated heterocycles. The third-order valence-corrected chi connectivity index (χ3v) is 6.72. The molecule has 0 atom stereocenters. The molecule has 36 heavy (non-hydrogen) atoms. The van der Waals surface area contributed by atoms with Crippen molar-refractivity contribution in [3.8, 4) is 0 Å². The fourth-order valence-corrected chi connectivity index (χ4v) is 4.78. The lowest BCUT2D eigenvalue weighted by Gasteiger charge is -2.34. The van der Waals surface area contributed by atoms with Crippen LogP contribution < -0.4 is 10.2 Å². The maximum Gasteiger partial charge on any atom is 0.436 e. The molecule has 0 radical (unpaired) electrons. The summed E-state index contributed by atoms with van der Waals surface area (Å²) < 4.78 is 11.6. The van der Waals surface area contributed by atoms with Gasteiger partial charge >= 0.3 is 12.1 Å². The Bertz CT molecular complexity index is 1270. The molecule has 1 fully saturated rings. The summed E-state index contributed by atoms with van der Waals surface area (Å²) in [7, 11) is 2.11. The third kappa shape index (κ3) is 5.68.